The Kier molecular flexibility index (Phi) is 16.2. The molecule has 4 heterocycles. The summed E-state index contributed by atoms with van der Waals surface area (Å²) in [6.45, 7) is 12.9. The van der Waals surface area contributed by atoms with E-state index in [1.807, 2.05) is 69.7 Å². The molecule has 0 spiro atoms. The van der Waals surface area contributed by atoms with Crippen molar-refractivity contribution in [2.45, 2.75) is 65.2 Å². The predicted molar refractivity (Wildman–Crippen MR) is 244 cm³/mol. The van der Waals surface area contributed by atoms with Gasteiger partial charge in [0.05, 0.1) is 46.1 Å². The second-order valence-corrected chi connectivity index (χ2v) is 23.5. The third kappa shape index (κ3) is 11.6. The Morgan fingerprint density at radius 3 is 1.43 bits per heavy atom. The zero-order chi connectivity index (χ0) is 44.6. The zero-order valence-electron chi connectivity index (χ0n) is 38.3. The van der Waals surface area contributed by atoms with Crippen LogP contribution in [0.4, 0.5) is 4.79 Å². The Morgan fingerprint density at radius 2 is 1.07 bits per heavy atom. The number of aromatic nitrogens is 2. The van der Waals surface area contributed by atoms with E-state index < -0.39 is 14.1 Å². The highest BCUT2D eigenvalue weighted by Gasteiger charge is 2.26. The number of ether oxygens (including phenoxy) is 4. The maximum absolute atomic E-state index is 12.7. The van der Waals surface area contributed by atoms with E-state index in [1.54, 1.807) is 51.7 Å². The Morgan fingerprint density at radius 1 is 0.683 bits per heavy atom. The molecule has 0 bridgehead atoms. The van der Waals surface area contributed by atoms with Crippen molar-refractivity contribution in [1.82, 2.24) is 29.2 Å². The summed E-state index contributed by atoms with van der Waals surface area (Å²) in [5, 5.41) is 3.30. The lowest BCUT2D eigenvalue weighted by molar-refractivity contribution is 0.202. The van der Waals surface area contributed by atoms with Gasteiger partial charge in [-0.3, -0.25) is 9.59 Å². The number of hydrogen-bond donors (Lipinski definition) is 2. The lowest BCUT2D eigenvalue weighted by Crippen LogP contribution is -2.42. The van der Waals surface area contributed by atoms with Crippen molar-refractivity contribution in [2.24, 2.45) is 19.8 Å². The van der Waals surface area contributed by atoms with Crippen molar-refractivity contribution in [1.29, 1.82) is 0 Å². The fourth-order valence-corrected chi connectivity index (χ4v) is 7.44. The molecule has 0 saturated carbocycles. The van der Waals surface area contributed by atoms with Crippen molar-refractivity contribution in [3.8, 4) is 45.3 Å². The Balaban J connectivity index is 0.000000239. The van der Waals surface area contributed by atoms with Gasteiger partial charge in [-0.2, -0.15) is 0 Å². The van der Waals surface area contributed by atoms with Gasteiger partial charge in [0.2, 0.25) is 0 Å². The largest absolute Gasteiger partial charge is 0.496 e. The molecule has 0 aliphatic carbocycles. The SMILES string of the molecule is COc1cc(-c2cn(C)c(=O)c3c2CCN(C(N)=O)C3)cc(OC)c1CN(C)C.COc1cc(-c2cn(C)c(=O)c3c2CCNC3)cc(OC)c1CN(C)C.C[Si](C)(C)C. The number of rotatable bonds is 10. The molecule has 2 aliphatic rings. The number of fused-ring (bicyclic) bond motifs is 2. The number of pyridine rings is 2. The summed E-state index contributed by atoms with van der Waals surface area (Å²) in [5.41, 5.74) is 14.8. The molecule has 2 aliphatic heterocycles. The summed E-state index contributed by atoms with van der Waals surface area (Å²) < 4.78 is 25.8. The quantitative estimate of drug-likeness (QED) is 0.202. The van der Waals surface area contributed by atoms with Gasteiger partial charge in [0.15, 0.2) is 0 Å². The lowest BCUT2D eigenvalue weighted by atomic mass is 9.91. The molecular weight excluding hydrogens is 779 g/mol. The smallest absolute Gasteiger partial charge is 0.315 e. The van der Waals surface area contributed by atoms with Gasteiger partial charge in [-0.15, -0.1) is 0 Å². The normalized spacial score (nSPS) is 13.4. The van der Waals surface area contributed by atoms with Crippen LogP contribution in [-0.2, 0) is 53.1 Å². The van der Waals surface area contributed by atoms with Gasteiger partial charge in [-0.05, 0) is 94.1 Å². The summed E-state index contributed by atoms with van der Waals surface area (Å²) in [6.07, 6.45) is 5.16. The van der Waals surface area contributed by atoms with Gasteiger partial charge in [-0.25, -0.2) is 4.79 Å². The summed E-state index contributed by atoms with van der Waals surface area (Å²) in [5.74, 6) is 3.05. The molecule has 3 N–H and O–H groups in total. The third-order valence-corrected chi connectivity index (χ3v) is 10.1. The Labute approximate surface area is 356 Å². The van der Waals surface area contributed by atoms with Crippen LogP contribution in [0.2, 0.25) is 26.2 Å². The van der Waals surface area contributed by atoms with Gasteiger partial charge in [-0.1, -0.05) is 26.2 Å². The van der Waals surface area contributed by atoms with E-state index in [2.05, 4.69) is 36.4 Å². The van der Waals surface area contributed by atoms with E-state index in [0.717, 1.165) is 92.6 Å². The van der Waals surface area contributed by atoms with E-state index in [0.29, 0.717) is 31.6 Å². The summed E-state index contributed by atoms with van der Waals surface area (Å²) in [7, 11) is 17.5. The molecule has 2 aromatic heterocycles. The van der Waals surface area contributed by atoms with E-state index in [4.69, 9.17) is 24.7 Å². The van der Waals surface area contributed by atoms with Crippen LogP contribution in [0.5, 0.6) is 23.0 Å². The average molecular weight is 846 g/mol. The number of benzene rings is 2. The fraction of sp³-hybridized carbons (Fsp3) is 0.489. The van der Waals surface area contributed by atoms with Crippen LogP contribution in [0.15, 0.2) is 46.2 Å². The molecule has 2 aromatic carbocycles. The van der Waals surface area contributed by atoms with Crippen molar-refractivity contribution < 1.29 is 23.7 Å². The van der Waals surface area contributed by atoms with E-state index in [9.17, 15) is 14.4 Å². The second-order valence-electron chi connectivity index (χ2n) is 17.5. The minimum atomic E-state index is -0.611. The molecule has 0 unspecified atom stereocenters. The van der Waals surface area contributed by atoms with Crippen LogP contribution in [0.3, 0.4) is 0 Å². The molecule has 0 atom stereocenters. The number of nitrogens with zero attached hydrogens (tertiary/aromatic N) is 5. The third-order valence-electron chi connectivity index (χ3n) is 10.1. The van der Waals surface area contributed by atoms with Gasteiger partial charge >= 0.3 is 6.03 Å². The first kappa shape index (κ1) is 47.6. The van der Waals surface area contributed by atoms with Gasteiger partial charge in [0.25, 0.3) is 11.1 Å². The van der Waals surface area contributed by atoms with Crippen molar-refractivity contribution >= 4 is 14.1 Å². The number of carbonyl (C=O) groups is 1. The van der Waals surface area contributed by atoms with Gasteiger partial charge < -0.3 is 53.8 Å². The van der Waals surface area contributed by atoms with Crippen molar-refractivity contribution in [3.63, 3.8) is 0 Å². The van der Waals surface area contributed by atoms with E-state index in [1.165, 1.54) is 4.90 Å². The molecule has 0 fully saturated rings. The topological polar surface area (TPSA) is 146 Å². The zero-order valence-corrected chi connectivity index (χ0v) is 39.3. The average Bonchev–Trinajstić information content (AvgIpc) is 3.19. The molecule has 2 amide bonds. The van der Waals surface area contributed by atoms with Crippen molar-refractivity contribution in [3.05, 3.63) is 90.7 Å². The molecule has 60 heavy (non-hydrogen) atoms. The highest BCUT2D eigenvalue weighted by molar-refractivity contribution is 6.74. The maximum atomic E-state index is 12.7. The number of nitrogens with two attached hydrogens (primary N) is 1. The number of methoxy groups -OCH3 is 4. The molecule has 6 rings (SSSR count). The van der Waals surface area contributed by atoms with Crippen LogP contribution in [0.25, 0.3) is 22.3 Å². The summed E-state index contributed by atoms with van der Waals surface area (Å²) in [6, 6.07) is 7.52. The van der Waals surface area contributed by atoms with Gasteiger partial charge in [0, 0.05) is 83.0 Å². The first-order valence-electron chi connectivity index (χ1n) is 20.2. The summed E-state index contributed by atoms with van der Waals surface area (Å²) in [4.78, 5) is 42.4. The van der Waals surface area contributed by atoms with E-state index >= 15 is 0 Å². The number of hydrogen-bond acceptors (Lipinski definition) is 10. The van der Waals surface area contributed by atoms with Crippen LogP contribution >= 0.6 is 0 Å². The van der Waals surface area contributed by atoms with Crippen LogP contribution < -0.4 is 41.1 Å². The maximum Gasteiger partial charge on any atom is 0.315 e. The standard InChI is InChI=1S/C21H28N4O4.C20H27N3O3.C4H12Si/c1-23(2)10-17-18(28-4)8-13(9-19(17)29-5)15-11-24(3)20(26)16-12-25(21(22)27)7-6-14(15)16;1-22(2)11-17-18(25-4)8-13(9-19(17)26-5)16-12-23(3)20(24)15-10-21-7-6-14(15)16;1-5(2,3)4/h8-9,11H,6-7,10,12H2,1-5H3,(H2,22,27);8-9,12,21H,6-7,10-11H2,1-5H3;1-4H3. The summed E-state index contributed by atoms with van der Waals surface area (Å²) >= 11 is 0. The molecule has 4 aromatic rings. The highest BCUT2D eigenvalue weighted by atomic mass is 28.3. The van der Waals surface area contributed by atoms with Crippen LogP contribution in [0.1, 0.15) is 33.4 Å². The Hall–Kier alpha value is -5.09. The minimum Gasteiger partial charge on any atom is -0.496 e. The number of primary amides is 1. The molecular formula is C45H67N7O7Si. The molecule has 14 nitrogen and oxygen atoms in total. The molecule has 0 radical (unpaired) electrons. The van der Waals surface area contributed by atoms with E-state index in [-0.39, 0.29) is 17.7 Å². The minimum absolute atomic E-state index is 0.0686. The first-order valence-corrected chi connectivity index (χ1v) is 24.2. The number of aryl methyl sites for hydroxylation is 2. The second kappa shape index (κ2) is 20.4. The van der Waals surface area contributed by atoms with Crippen molar-refractivity contribution in [2.75, 3.05) is 69.7 Å². The van der Waals surface area contributed by atoms with Crippen LogP contribution in [-0.4, -0.2) is 108 Å². The molecule has 15 heteroatoms. The number of carbonyl (C=O) groups excluding carboxylic acids is 1. The Bertz CT molecular complexity index is 2220. The lowest BCUT2D eigenvalue weighted by Gasteiger charge is -2.29. The monoisotopic (exact) mass is 845 g/mol. The number of amides is 2. The van der Waals surface area contributed by atoms with Crippen LogP contribution in [0, 0.1) is 0 Å². The number of nitrogens with one attached hydrogen (secondary N) is 1. The number of urea groups is 1. The molecule has 0 saturated heterocycles. The first-order chi connectivity index (χ1) is 28.2. The predicted octanol–water partition coefficient (Wildman–Crippen LogP) is 5.30. The molecule has 328 valence electrons. The van der Waals surface area contributed by atoms with Gasteiger partial charge in [0.1, 0.15) is 23.0 Å². The fourth-order valence-electron chi connectivity index (χ4n) is 7.44. The highest BCUT2D eigenvalue weighted by Crippen LogP contribution is 2.39.